The van der Waals surface area contributed by atoms with Gasteiger partial charge in [0.25, 0.3) is 0 Å². The molecule has 0 aliphatic carbocycles. The van der Waals surface area contributed by atoms with Crippen LogP contribution in [0.4, 0.5) is 0 Å². The maximum Gasteiger partial charge on any atom is 0.203 e. The third-order valence-corrected chi connectivity index (χ3v) is 5.90. The fourth-order valence-corrected chi connectivity index (χ4v) is 4.15. The van der Waals surface area contributed by atoms with Crippen LogP contribution in [-0.2, 0) is 0 Å². The molecule has 6 nitrogen and oxygen atoms in total. The lowest BCUT2D eigenvalue weighted by atomic mass is 9.98. The molecule has 0 atom stereocenters. The van der Waals surface area contributed by atoms with E-state index < -0.39 is 0 Å². The van der Waals surface area contributed by atoms with Crippen LogP contribution in [0, 0.1) is 0 Å². The first-order valence-electron chi connectivity index (χ1n) is 11.1. The monoisotopic (exact) mass is 464 g/mol. The van der Waals surface area contributed by atoms with E-state index >= 15 is 0 Å². The minimum Gasteiger partial charge on any atom is -0.493 e. The van der Waals surface area contributed by atoms with Crippen LogP contribution in [0.5, 0.6) is 17.2 Å². The minimum absolute atomic E-state index is 0.225. The molecule has 0 saturated carbocycles. The molecule has 1 heterocycles. The fourth-order valence-electron chi connectivity index (χ4n) is 4.15. The van der Waals surface area contributed by atoms with Crippen molar-refractivity contribution in [2.75, 3.05) is 21.3 Å². The number of rotatable bonds is 7. The molecule has 0 radical (unpaired) electrons. The van der Waals surface area contributed by atoms with E-state index in [0.29, 0.717) is 34.2 Å². The van der Waals surface area contributed by atoms with Gasteiger partial charge in [-0.2, -0.15) is 0 Å². The van der Waals surface area contributed by atoms with Crippen molar-refractivity contribution in [1.29, 1.82) is 0 Å². The molecule has 5 rings (SSSR count). The number of nitrogens with zero attached hydrogens (tertiary/aromatic N) is 1. The zero-order chi connectivity index (χ0) is 24.4. The van der Waals surface area contributed by atoms with E-state index in [9.17, 15) is 4.79 Å². The number of aromatic amines is 1. The van der Waals surface area contributed by atoms with Crippen molar-refractivity contribution < 1.29 is 19.0 Å². The van der Waals surface area contributed by atoms with E-state index in [-0.39, 0.29) is 5.78 Å². The number of ketones is 1. The Hall–Kier alpha value is -4.58. The van der Waals surface area contributed by atoms with Gasteiger partial charge >= 0.3 is 0 Å². The number of fused-ring (bicyclic) bond motifs is 2. The fraction of sp³-hybridized carbons (Fsp3) is 0.103. The number of nitrogens with one attached hydrogen (secondary N) is 1. The standard InChI is InChI=1S/C29H24N2O4/c1-33-25-16-21(17-26(34-2)28(25)35-3)27(32)22(29-30-23-10-6-7-11-24(23)31-29)15-18-12-13-19-8-4-5-9-20(19)14-18/h4-17H,1-3H3,(H,30,31)/b22-15-. The van der Waals surface area contributed by atoms with Crippen molar-refractivity contribution in [1.82, 2.24) is 9.97 Å². The molecule has 0 amide bonds. The van der Waals surface area contributed by atoms with E-state index in [1.54, 1.807) is 12.1 Å². The molecule has 1 N–H and O–H groups in total. The van der Waals surface area contributed by atoms with Gasteiger partial charge < -0.3 is 19.2 Å². The topological polar surface area (TPSA) is 73.4 Å². The van der Waals surface area contributed by atoms with Crippen molar-refractivity contribution in [3.05, 3.63) is 95.8 Å². The van der Waals surface area contributed by atoms with Crippen LogP contribution in [0.2, 0.25) is 0 Å². The van der Waals surface area contributed by atoms with Gasteiger partial charge in [-0.25, -0.2) is 4.98 Å². The SMILES string of the molecule is COc1cc(C(=O)/C(=C/c2ccc3ccccc3c2)c2nc3ccccc3[nH]2)cc(OC)c1OC. The third-order valence-electron chi connectivity index (χ3n) is 5.90. The van der Waals surface area contributed by atoms with E-state index in [0.717, 1.165) is 27.4 Å². The first-order valence-corrected chi connectivity index (χ1v) is 11.1. The van der Waals surface area contributed by atoms with Gasteiger partial charge in [0.1, 0.15) is 5.82 Å². The molecule has 0 aliphatic rings. The summed E-state index contributed by atoms with van der Waals surface area (Å²) < 4.78 is 16.4. The smallest absolute Gasteiger partial charge is 0.203 e. The summed E-state index contributed by atoms with van der Waals surface area (Å²) >= 11 is 0. The van der Waals surface area contributed by atoms with E-state index in [1.165, 1.54) is 21.3 Å². The summed E-state index contributed by atoms with van der Waals surface area (Å²) in [6, 6.07) is 25.2. The Morgan fingerprint density at radius 3 is 2.17 bits per heavy atom. The summed E-state index contributed by atoms with van der Waals surface area (Å²) in [5, 5.41) is 2.22. The minimum atomic E-state index is -0.225. The van der Waals surface area contributed by atoms with Gasteiger partial charge in [0.2, 0.25) is 5.75 Å². The number of aromatic nitrogens is 2. The van der Waals surface area contributed by atoms with E-state index in [2.05, 4.69) is 23.2 Å². The summed E-state index contributed by atoms with van der Waals surface area (Å²) in [5.74, 6) is 1.50. The van der Waals surface area contributed by atoms with Gasteiger partial charge in [-0.05, 0) is 52.7 Å². The van der Waals surface area contributed by atoms with Gasteiger partial charge in [0.15, 0.2) is 17.3 Å². The Labute approximate surface area is 202 Å². The van der Waals surface area contributed by atoms with Crippen LogP contribution in [-0.4, -0.2) is 37.1 Å². The van der Waals surface area contributed by atoms with Crippen LogP contribution < -0.4 is 14.2 Å². The maximum atomic E-state index is 13.9. The highest BCUT2D eigenvalue weighted by atomic mass is 16.5. The number of ether oxygens (including phenoxy) is 3. The van der Waals surface area contributed by atoms with Crippen LogP contribution in [0.3, 0.4) is 0 Å². The number of benzene rings is 4. The Kier molecular flexibility index (Phi) is 5.94. The first kappa shape index (κ1) is 22.2. The average molecular weight is 465 g/mol. The molecular weight excluding hydrogens is 440 g/mol. The highest BCUT2D eigenvalue weighted by Crippen LogP contribution is 2.39. The molecule has 1 aromatic heterocycles. The molecule has 0 aliphatic heterocycles. The number of carbonyl (C=O) groups is 1. The Morgan fingerprint density at radius 2 is 1.49 bits per heavy atom. The van der Waals surface area contributed by atoms with E-state index in [1.807, 2.05) is 54.6 Å². The van der Waals surface area contributed by atoms with Crippen molar-refractivity contribution in [3.8, 4) is 17.2 Å². The Morgan fingerprint density at radius 1 is 0.800 bits per heavy atom. The summed E-state index contributed by atoms with van der Waals surface area (Å²) in [7, 11) is 4.58. The number of imidazole rings is 1. The number of hydrogen-bond donors (Lipinski definition) is 1. The van der Waals surface area contributed by atoms with Crippen LogP contribution >= 0.6 is 0 Å². The highest BCUT2D eigenvalue weighted by molar-refractivity contribution is 6.32. The number of hydrogen-bond acceptors (Lipinski definition) is 5. The van der Waals surface area contributed by atoms with Crippen molar-refractivity contribution in [2.24, 2.45) is 0 Å². The molecule has 5 aromatic rings. The van der Waals surface area contributed by atoms with E-state index in [4.69, 9.17) is 19.2 Å². The van der Waals surface area contributed by atoms with Crippen molar-refractivity contribution in [3.63, 3.8) is 0 Å². The van der Waals surface area contributed by atoms with Gasteiger partial charge in [-0.15, -0.1) is 0 Å². The molecule has 0 fully saturated rings. The zero-order valence-corrected chi connectivity index (χ0v) is 19.7. The highest BCUT2D eigenvalue weighted by Gasteiger charge is 2.22. The second-order valence-electron chi connectivity index (χ2n) is 8.01. The van der Waals surface area contributed by atoms with Crippen LogP contribution in [0.15, 0.2) is 78.9 Å². The summed E-state index contributed by atoms with van der Waals surface area (Å²) in [4.78, 5) is 21.9. The number of methoxy groups -OCH3 is 3. The first-order chi connectivity index (χ1) is 17.1. The number of allylic oxidation sites excluding steroid dienone is 1. The molecule has 6 heteroatoms. The number of H-pyrrole nitrogens is 1. The zero-order valence-electron chi connectivity index (χ0n) is 19.7. The number of para-hydroxylation sites is 2. The van der Waals surface area contributed by atoms with Crippen LogP contribution in [0.1, 0.15) is 21.7 Å². The molecule has 35 heavy (non-hydrogen) atoms. The Balaban J connectivity index is 1.69. The Bertz CT molecular complexity index is 1520. The summed E-state index contributed by atoms with van der Waals surface area (Å²) in [6.07, 6.45) is 1.86. The lowest BCUT2D eigenvalue weighted by molar-refractivity contribution is 0.105. The van der Waals surface area contributed by atoms with Crippen molar-refractivity contribution >= 4 is 39.2 Å². The van der Waals surface area contributed by atoms with Gasteiger partial charge in [-0.3, -0.25) is 4.79 Å². The molecule has 0 spiro atoms. The second-order valence-corrected chi connectivity index (χ2v) is 8.01. The lowest BCUT2D eigenvalue weighted by Crippen LogP contribution is -2.06. The van der Waals surface area contributed by atoms with Crippen molar-refractivity contribution in [2.45, 2.75) is 0 Å². The quantitative estimate of drug-likeness (QED) is 0.230. The molecule has 0 saturated heterocycles. The average Bonchev–Trinajstić information content (AvgIpc) is 3.34. The largest absolute Gasteiger partial charge is 0.493 e. The predicted molar refractivity (Wildman–Crippen MR) is 138 cm³/mol. The predicted octanol–water partition coefficient (Wildman–Crippen LogP) is 6.17. The number of carbonyl (C=O) groups excluding carboxylic acids is 1. The molecule has 0 bridgehead atoms. The summed E-state index contributed by atoms with van der Waals surface area (Å²) in [6.45, 7) is 0. The maximum absolute atomic E-state index is 13.9. The van der Waals surface area contributed by atoms with Gasteiger partial charge in [0.05, 0.1) is 37.9 Å². The van der Waals surface area contributed by atoms with Crippen LogP contribution in [0.25, 0.3) is 33.5 Å². The normalized spacial score (nSPS) is 11.6. The molecule has 0 unspecified atom stereocenters. The second kappa shape index (κ2) is 9.35. The third kappa shape index (κ3) is 4.22. The lowest BCUT2D eigenvalue weighted by Gasteiger charge is -2.14. The number of Topliss-reactive ketones (excluding diaryl/α,β-unsaturated/α-hetero) is 1. The molecule has 174 valence electrons. The molecule has 4 aromatic carbocycles. The molecular formula is C29H24N2O4. The summed E-state index contributed by atoms with van der Waals surface area (Å²) in [5.41, 5.74) is 3.34. The van der Waals surface area contributed by atoms with Gasteiger partial charge in [-0.1, -0.05) is 48.5 Å². The van der Waals surface area contributed by atoms with Gasteiger partial charge in [0, 0.05) is 5.56 Å².